The highest BCUT2D eigenvalue weighted by Gasteiger charge is 2.40. The molecule has 0 spiro atoms. The average molecular weight is 318 g/mol. The molecule has 3 N–H and O–H groups in total. The van der Waals surface area contributed by atoms with E-state index >= 15 is 0 Å². The van der Waals surface area contributed by atoms with Gasteiger partial charge >= 0.3 is 0 Å². The molecule has 0 aromatic heterocycles. The van der Waals surface area contributed by atoms with E-state index in [0.29, 0.717) is 24.3 Å². The van der Waals surface area contributed by atoms with E-state index in [1.54, 1.807) is 6.07 Å². The SMILES string of the molecule is CC(Cc1cccc(F)c1)C(=O)NC1C2CCCC1CC(N)C2. The standard InChI is InChI=1S/C19H27FN2O/c1-12(8-13-4-2-7-16(20)9-13)19(23)22-18-14-5-3-6-15(18)11-17(21)10-14/h2,4,7,9,12,14-15,17-18H,3,5-6,8,10-11,21H2,1H3,(H,22,23). The maximum absolute atomic E-state index is 13.3. The molecule has 23 heavy (non-hydrogen) atoms. The fourth-order valence-corrected chi connectivity index (χ4v) is 4.44. The summed E-state index contributed by atoms with van der Waals surface area (Å²) in [7, 11) is 0. The molecule has 0 aliphatic heterocycles. The smallest absolute Gasteiger partial charge is 0.223 e. The number of rotatable bonds is 4. The van der Waals surface area contributed by atoms with Gasteiger partial charge in [0.2, 0.25) is 5.91 Å². The molecule has 2 aliphatic carbocycles. The number of hydrogen-bond acceptors (Lipinski definition) is 2. The summed E-state index contributed by atoms with van der Waals surface area (Å²) in [6, 6.07) is 7.09. The Morgan fingerprint density at radius 2 is 2.04 bits per heavy atom. The van der Waals surface area contributed by atoms with Crippen molar-refractivity contribution in [2.45, 2.75) is 57.5 Å². The molecule has 2 fully saturated rings. The highest BCUT2D eigenvalue weighted by Crippen LogP contribution is 2.39. The third kappa shape index (κ3) is 3.92. The molecule has 1 aromatic carbocycles. The van der Waals surface area contributed by atoms with E-state index in [-0.39, 0.29) is 23.7 Å². The van der Waals surface area contributed by atoms with Crippen molar-refractivity contribution in [2.75, 3.05) is 0 Å². The fourth-order valence-electron chi connectivity index (χ4n) is 4.44. The molecule has 2 saturated carbocycles. The predicted octanol–water partition coefficient (Wildman–Crippen LogP) is 3.03. The molecule has 1 amide bonds. The first-order valence-electron chi connectivity index (χ1n) is 8.83. The van der Waals surface area contributed by atoms with Crippen LogP contribution in [-0.2, 0) is 11.2 Å². The number of amides is 1. The van der Waals surface area contributed by atoms with Crippen LogP contribution in [0.2, 0.25) is 0 Å². The monoisotopic (exact) mass is 318 g/mol. The summed E-state index contributed by atoms with van der Waals surface area (Å²) in [6.45, 7) is 1.92. The molecule has 0 heterocycles. The molecular weight excluding hydrogens is 291 g/mol. The Morgan fingerprint density at radius 3 is 2.70 bits per heavy atom. The molecule has 3 atom stereocenters. The lowest BCUT2D eigenvalue weighted by Crippen LogP contribution is -2.54. The van der Waals surface area contributed by atoms with Gasteiger partial charge in [0.05, 0.1) is 0 Å². The maximum Gasteiger partial charge on any atom is 0.223 e. The lowest BCUT2D eigenvalue weighted by molar-refractivity contribution is -0.126. The number of halogens is 1. The van der Waals surface area contributed by atoms with Crippen molar-refractivity contribution < 1.29 is 9.18 Å². The van der Waals surface area contributed by atoms with Crippen LogP contribution < -0.4 is 11.1 Å². The fraction of sp³-hybridized carbons (Fsp3) is 0.632. The molecular formula is C19H27FN2O. The van der Waals surface area contributed by atoms with Crippen LogP contribution in [0.25, 0.3) is 0 Å². The second-order valence-corrected chi connectivity index (χ2v) is 7.45. The van der Waals surface area contributed by atoms with Gasteiger partial charge in [-0.2, -0.15) is 0 Å². The summed E-state index contributed by atoms with van der Waals surface area (Å²) in [5.41, 5.74) is 7.02. The van der Waals surface area contributed by atoms with Gasteiger partial charge in [0, 0.05) is 18.0 Å². The van der Waals surface area contributed by atoms with Gasteiger partial charge in [-0.15, -0.1) is 0 Å². The van der Waals surface area contributed by atoms with Crippen LogP contribution in [0.1, 0.15) is 44.6 Å². The average Bonchev–Trinajstić information content (AvgIpc) is 2.48. The minimum Gasteiger partial charge on any atom is -0.353 e. The van der Waals surface area contributed by atoms with Gasteiger partial charge in [-0.25, -0.2) is 4.39 Å². The molecule has 126 valence electrons. The summed E-state index contributed by atoms with van der Waals surface area (Å²) in [5.74, 6) is 0.760. The molecule has 3 rings (SSSR count). The lowest BCUT2D eigenvalue weighted by Gasteiger charge is -2.45. The zero-order valence-corrected chi connectivity index (χ0v) is 13.8. The van der Waals surface area contributed by atoms with Crippen LogP contribution in [0, 0.1) is 23.6 Å². The number of carbonyl (C=O) groups excluding carboxylic acids is 1. The lowest BCUT2D eigenvalue weighted by atomic mass is 9.67. The Morgan fingerprint density at radius 1 is 1.35 bits per heavy atom. The number of carbonyl (C=O) groups is 1. The molecule has 3 unspecified atom stereocenters. The summed E-state index contributed by atoms with van der Waals surface area (Å²) < 4.78 is 13.3. The van der Waals surface area contributed by atoms with E-state index in [9.17, 15) is 9.18 Å². The number of fused-ring (bicyclic) bond motifs is 2. The van der Waals surface area contributed by atoms with Crippen molar-refractivity contribution in [3.63, 3.8) is 0 Å². The third-order valence-corrected chi connectivity index (χ3v) is 5.56. The summed E-state index contributed by atoms with van der Waals surface area (Å²) >= 11 is 0. The second-order valence-electron chi connectivity index (χ2n) is 7.45. The maximum atomic E-state index is 13.3. The van der Waals surface area contributed by atoms with Crippen molar-refractivity contribution in [2.24, 2.45) is 23.5 Å². The Hall–Kier alpha value is -1.42. The minimum atomic E-state index is -0.245. The van der Waals surface area contributed by atoms with Crippen molar-refractivity contribution in [3.8, 4) is 0 Å². The van der Waals surface area contributed by atoms with Crippen LogP contribution >= 0.6 is 0 Å². The summed E-state index contributed by atoms with van der Waals surface area (Å²) in [5, 5.41) is 3.29. The van der Waals surface area contributed by atoms with Gasteiger partial charge in [0.25, 0.3) is 0 Å². The minimum absolute atomic E-state index is 0.0895. The number of benzene rings is 1. The second kappa shape index (κ2) is 7.00. The normalized spacial score (nSPS) is 31.4. The van der Waals surface area contributed by atoms with E-state index in [0.717, 1.165) is 18.4 Å². The molecule has 3 nitrogen and oxygen atoms in total. The van der Waals surface area contributed by atoms with E-state index in [1.165, 1.54) is 31.4 Å². The van der Waals surface area contributed by atoms with Crippen LogP contribution in [-0.4, -0.2) is 18.0 Å². The Labute approximate surface area is 137 Å². The van der Waals surface area contributed by atoms with Crippen molar-refractivity contribution in [1.82, 2.24) is 5.32 Å². The van der Waals surface area contributed by atoms with E-state index in [2.05, 4.69) is 5.32 Å². The predicted molar refractivity (Wildman–Crippen MR) is 89.2 cm³/mol. The first-order valence-corrected chi connectivity index (χ1v) is 8.83. The Balaban J connectivity index is 1.60. The topological polar surface area (TPSA) is 55.1 Å². The number of hydrogen-bond donors (Lipinski definition) is 2. The van der Waals surface area contributed by atoms with Gasteiger partial charge in [-0.1, -0.05) is 25.5 Å². The first-order chi connectivity index (χ1) is 11.0. The highest BCUT2D eigenvalue weighted by molar-refractivity contribution is 5.79. The molecule has 0 saturated heterocycles. The summed E-state index contributed by atoms with van der Waals surface area (Å²) in [6.07, 6.45) is 6.23. The van der Waals surface area contributed by atoms with Crippen LogP contribution in [0.15, 0.2) is 24.3 Å². The zero-order chi connectivity index (χ0) is 16.4. The van der Waals surface area contributed by atoms with Gasteiger partial charge in [-0.3, -0.25) is 4.79 Å². The van der Waals surface area contributed by atoms with Gasteiger partial charge < -0.3 is 11.1 Å². The van der Waals surface area contributed by atoms with E-state index in [1.807, 2.05) is 13.0 Å². The molecule has 2 bridgehead atoms. The number of nitrogens with one attached hydrogen (secondary N) is 1. The highest BCUT2D eigenvalue weighted by atomic mass is 19.1. The Bertz CT molecular complexity index is 548. The zero-order valence-electron chi connectivity index (χ0n) is 13.8. The van der Waals surface area contributed by atoms with E-state index in [4.69, 9.17) is 5.73 Å². The van der Waals surface area contributed by atoms with Gasteiger partial charge in [0.1, 0.15) is 5.82 Å². The van der Waals surface area contributed by atoms with Gasteiger partial charge in [0.15, 0.2) is 0 Å². The van der Waals surface area contributed by atoms with Crippen LogP contribution in [0.5, 0.6) is 0 Å². The van der Waals surface area contributed by atoms with Crippen LogP contribution in [0.4, 0.5) is 4.39 Å². The van der Waals surface area contributed by atoms with E-state index < -0.39 is 0 Å². The molecule has 1 aromatic rings. The molecule has 0 radical (unpaired) electrons. The first kappa shape index (κ1) is 16.4. The quantitative estimate of drug-likeness (QED) is 0.896. The summed E-state index contributed by atoms with van der Waals surface area (Å²) in [4.78, 5) is 12.6. The van der Waals surface area contributed by atoms with Gasteiger partial charge in [-0.05, 0) is 61.6 Å². The van der Waals surface area contributed by atoms with Crippen LogP contribution in [0.3, 0.4) is 0 Å². The number of nitrogens with two attached hydrogens (primary N) is 1. The van der Waals surface area contributed by atoms with Crippen molar-refractivity contribution in [1.29, 1.82) is 0 Å². The molecule has 4 heteroatoms. The van der Waals surface area contributed by atoms with Crippen molar-refractivity contribution in [3.05, 3.63) is 35.6 Å². The van der Waals surface area contributed by atoms with Crippen molar-refractivity contribution >= 4 is 5.91 Å². The largest absolute Gasteiger partial charge is 0.353 e. The third-order valence-electron chi connectivity index (χ3n) is 5.56. The Kier molecular flexibility index (Phi) is 5.00. The molecule has 2 aliphatic rings.